The Balaban J connectivity index is 1.98. The number of nitrogens with one attached hydrogen (secondary N) is 1. The molecule has 0 saturated heterocycles. The number of aromatic nitrogens is 3. The number of benzene rings is 1. The zero-order chi connectivity index (χ0) is 17.5. The van der Waals surface area contributed by atoms with E-state index in [4.69, 9.17) is 0 Å². The molecule has 0 radical (unpaired) electrons. The minimum absolute atomic E-state index is 0.0539. The number of hydrogen-bond acceptors (Lipinski definition) is 5. The molecule has 9 heteroatoms. The molecule has 24 heavy (non-hydrogen) atoms. The van der Waals surface area contributed by atoms with Crippen LogP contribution >= 0.6 is 11.8 Å². The van der Waals surface area contributed by atoms with Crippen LogP contribution in [-0.2, 0) is 11.3 Å². The van der Waals surface area contributed by atoms with Gasteiger partial charge in [0.25, 0.3) is 0 Å². The molecule has 128 valence electrons. The second-order valence-electron chi connectivity index (χ2n) is 4.64. The predicted octanol–water partition coefficient (Wildman–Crippen LogP) is 3.10. The highest BCUT2D eigenvalue weighted by Gasteiger charge is 2.14. The normalized spacial score (nSPS) is 10.7. The average Bonchev–Trinajstić information content (AvgIpc) is 2.88. The molecule has 1 N–H and O–H groups in total. The topological polar surface area (TPSA) is 69.0 Å². The molecular weight excluding hydrogens is 338 g/mol. The van der Waals surface area contributed by atoms with Crippen molar-refractivity contribution in [2.24, 2.45) is 0 Å². The number of alkyl halides is 2. The number of amides is 1. The van der Waals surface area contributed by atoms with E-state index >= 15 is 0 Å². The highest BCUT2D eigenvalue weighted by Crippen LogP contribution is 2.26. The van der Waals surface area contributed by atoms with Gasteiger partial charge in [0.1, 0.15) is 11.6 Å². The monoisotopic (exact) mass is 354 g/mol. The van der Waals surface area contributed by atoms with Gasteiger partial charge in [-0.3, -0.25) is 4.79 Å². The molecule has 6 nitrogen and oxygen atoms in total. The van der Waals surface area contributed by atoms with Gasteiger partial charge in [-0.15, -0.1) is 16.8 Å². The summed E-state index contributed by atoms with van der Waals surface area (Å²) in [5.41, 5.74) is 0.187. The van der Waals surface area contributed by atoms with Crippen molar-refractivity contribution in [2.75, 3.05) is 11.1 Å². The maximum absolute atomic E-state index is 12.4. The van der Waals surface area contributed by atoms with E-state index in [2.05, 4.69) is 26.8 Å². The van der Waals surface area contributed by atoms with E-state index in [9.17, 15) is 13.6 Å². The lowest BCUT2D eigenvalue weighted by Crippen LogP contribution is -2.16. The van der Waals surface area contributed by atoms with Crippen molar-refractivity contribution in [1.29, 1.82) is 0 Å². The molecule has 0 aliphatic carbocycles. The van der Waals surface area contributed by atoms with E-state index in [1.165, 1.54) is 23.9 Å². The molecule has 0 aliphatic heterocycles. The number of anilines is 1. The van der Waals surface area contributed by atoms with Crippen molar-refractivity contribution < 1.29 is 18.3 Å². The van der Waals surface area contributed by atoms with Crippen LogP contribution < -0.4 is 10.1 Å². The third-order valence-corrected chi connectivity index (χ3v) is 3.89. The van der Waals surface area contributed by atoms with Crippen LogP contribution in [0.2, 0.25) is 0 Å². The fourth-order valence-corrected chi connectivity index (χ4v) is 2.69. The first-order valence-electron chi connectivity index (χ1n) is 6.98. The molecule has 0 bridgehead atoms. The van der Waals surface area contributed by atoms with Gasteiger partial charge in [-0.05, 0) is 19.1 Å². The van der Waals surface area contributed by atoms with Gasteiger partial charge in [0.15, 0.2) is 5.16 Å². The molecule has 1 aromatic carbocycles. The summed E-state index contributed by atoms with van der Waals surface area (Å²) in [7, 11) is 0. The lowest BCUT2D eigenvalue weighted by atomic mass is 10.3. The zero-order valence-corrected chi connectivity index (χ0v) is 13.7. The minimum Gasteiger partial charge on any atom is -0.433 e. The molecule has 0 unspecified atom stereocenters. The number of rotatable bonds is 8. The van der Waals surface area contributed by atoms with Gasteiger partial charge in [0, 0.05) is 6.54 Å². The van der Waals surface area contributed by atoms with Crippen molar-refractivity contribution >= 4 is 23.4 Å². The summed E-state index contributed by atoms with van der Waals surface area (Å²) in [6.45, 7) is 3.04. The van der Waals surface area contributed by atoms with Crippen LogP contribution in [0.15, 0.2) is 42.1 Å². The van der Waals surface area contributed by atoms with E-state index in [0.29, 0.717) is 17.5 Å². The van der Waals surface area contributed by atoms with Crippen molar-refractivity contribution in [3.8, 4) is 5.75 Å². The van der Waals surface area contributed by atoms with Crippen LogP contribution in [0.3, 0.4) is 0 Å². The van der Waals surface area contributed by atoms with Crippen molar-refractivity contribution in [2.45, 2.75) is 25.2 Å². The number of thioether (sulfide) groups is 1. The summed E-state index contributed by atoms with van der Waals surface area (Å²) in [6, 6.07) is 6.01. The highest BCUT2D eigenvalue weighted by atomic mass is 32.2. The summed E-state index contributed by atoms with van der Waals surface area (Å²) in [4.78, 5) is 12.0. The number of carbonyl (C=O) groups is 1. The lowest BCUT2D eigenvalue weighted by Gasteiger charge is -2.11. The van der Waals surface area contributed by atoms with Gasteiger partial charge in [0.2, 0.25) is 5.91 Å². The molecule has 0 atom stereocenters. The van der Waals surface area contributed by atoms with Crippen LogP contribution in [0, 0.1) is 6.92 Å². The Labute approximate surface area is 141 Å². The number of ether oxygens (including phenoxy) is 1. The molecule has 2 rings (SSSR count). The molecule has 1 amide bonds. The third-order valence-electron chi connectivity index (χ3n) is 2.92. The van der Waals surface area contributed by atoms with E-state index in [1.54, 1.807) is 25.1 Å². The molecule has 1 heterocycles. The molecule has 0 fully saturated rings. The first kappa shape index (κ1) is 17.9. The van der Waals surface area contributed by atoms with Gasteiger partial charge < -0.3 is 14.6 Å². The molecule has 0 saturated carbocycles. The minimum atomic E-state index is -2.96. The van der Waals surface area contributed by atoms with Crippen molar-refractivity contribution in [3.63, 3.8) is 0 Å². The smallest absolute Gasteiger partial charge is 0.387 e. The number of nitrogens with zero attached hydrogens (tertiary/aromatic N) is 3. The maximum Gasteiger partial charge on any atom is 0.387 e. The number of aryl methyl sites for hydroxylation is 1. The summed E-state index contributed by atoms with van der Waals surface area (Å²) in [5.74, 6) is 0.319. The molecular formula is C15H16F2N4O2S. The zero-order valence-electron chi connectivity index (χ0n) is 12.9. The van der Waals surface area contributed by atoms with Crippen LogP contribution in [0.25, 0.3) is 0 Å². The lowest BCUT2D eigenvalue weighted by molar-refractivity contribution is -0.113. The van der Waals surface area contributed by atoms with E-state index in [-0.39, 0.29) is 23.1 Å². The van der Waals surface area contributed by atoms with E-state index in [1.807, 2.05) is 4.57 Å². The molecule has 0 aliphatic rings. The summed E-state index contributed by atoms with van der Waals surface area (Å²) in [5, 5.41) is 11.1. The fourth-order valence-electron chi connectivity index (χ4n) is 1.89. The Morgan fingerprint density at radius 2 is 2.21 bits per heavy atom. The Morgan fingerprint density at radius 3 is 2.92 bits per heavy atom. The first-order valence-corrected chi connectivity index (χ1v) is 7.97. The largest absolute Gasteiger partial charge is 0.433 e. The SMILES string of the molecule is C=CCn1c(C)nnc1SCC(=O)Nc1ccccc1OC(F)F. The number of hydrogen-bond donors (Lipinski definition) is 1. The van der Waals surface area contributed by atoms with Gasteiger partial charge >= 0.3 is 6.61 Å². The fraction of sp³-hybridized carbons (Fsp3) is 0.267. The summed E-state index contributed by atoms with van der Waals surface area (Å²) >= 11 is 1.20. The molecule has 2 aromatic rings. The van der Waals surface area contributed by atoms with Crippen LogP contribution in [0.5, 0.6) is 5.75 Å². The number of halogens is 2. The first-order chi connectivity index (χ1) is 11.5. The second-order valence-corrected chi connectivity index (χ2v) is 5.58. The summed E-state index contributed by atoms with van der Waals surface area (Å²) in [6.07, 6.45) is 1.71. The molecule has 0 spiro atoms. The predicted molar refractivity (Wildman–Crippen MR) is 87.4 cm³/mol. The number of carbonyl (C=O) groups excluding carboxylic acids is 1. The Hall–Kier alpha value is -2.42. The second kappa shape index (κ2) is 8.44. The number of para-hydroxylation sites is 2. The number of allylic oxidation sites excluding steroid dienone is 1. The van der Waals surface area contributed by atoms with Gasteiger partial charge in [-0.1, -0.05) is 30.0 Å². The van der Waals surface area contributed by atoms with E-state index in [0.717, 1.165) is 0 Å². The molecule has 1 aromatic heterocycles. The average molecular weight is 354 g/mol. The van der Waals surface area contributed by atoms with Gasteiger partial charge in [-0.2, -0.15) is 8.78 Å². The van der Waals surface area contributed by atoms with Crippen LogP contribution in [0.4, 0.5) is 14.5 Å². The third kappa shape index (κ3) is 4.79. The maximum atomic E-state index is 12.4. The highest BCUT2D eigenvalue weighted by molar-refractivity contribution is 7.99. The van der Waals surface area contributed by atoms with Crippen molar-refractivity contribution in [3.05, 3.63) is 42.7 Å². The Kier molecular flexibility index (Phi) is 6.30. The van der Waals surface area contributed by atoms with Crippen molar-refractivity contribution in [1.82, 2.24) is 14.8 Å². The van der Waals surface area contributed by atoms with Crippen LogP contribution in [-0.4, -0.2) is 33.0 Å². The van der Waals surface area contributed by atoms with E-state index < -0.39 is 6.61 Å². The van der Waals surface area contributed by atoms with Gasteiger partial charge in [0.05, 0.1) is 11.4 Å². The Bertz CT molecular complexity index is 721. The van der Waals surface area contributed by atoms with Crippen LogP contribution in [0.1, 0.15) is 5.82 Å². The summed E-state index contributed by atoms with van der Waals surface area (Å²) < 4.78 is 30.9. The Morgan fingerprint density at radius 1 is 1.46 bits per heavy atom. The quantitative estimate of drug-likeness (QED) is 0.583. The standard InChI is InChI=1S/C15H16F2N4O2S/c1-3-8-21-10(2)19-20-15(21)24-9-13(22)18-11-6-4-5-7-12(11)23-14(16)17/h3-7,14H,1,8-9H2,2H3,(H,18,22). The van der Waals surface area contributed by atoms with Gasteiger partial charge in [-0.25, -0.2) is 0 Å².